The second-order valence-corrected chi connectivity index (χ2v) is 4.39. The molecule has 0 saturated carbocycles. The van der Waals surface area contributed by atoms with Gasteiger partial charge >= 0.3 is 6.08 Å². The molecule has 0 bridgehead atoms. The summed E-state index contributed by atoms with van der Waals surface area (Å²) in [5.74, 6) is 0.791. The van der Waals surface area contributed by atoms with Crippen molar-refractivity contribution in [2.75, 3.05) is 10.6 Å². The SMILES string of the molecule is Fc1nc(Nc2ccccc2)cc(Nc2ccccc2)n1. The highest BCUT2D eigenvalue weighted by molar-refractivity contribution is 5.62. The van der Waals surface area contributed by atoms with Crippen molar-refractivity contribution in [2.24, 2.45) is 0 Å². The van der Waals surface area contributed by atoms with Crippen LogP contribution in [0.1, 0.15) is 0 Å². The lowest BCUT2D eigenvalue weighted by Gasteiger charge is -2.09. The average Bonchev–Trinajstić information content (AvgIpc) is 2.48. The molecule has 4 nitrogen and oxygen atoms in total. The maximum atomic E-state index is 13.5. The second kappa shape index (κ2) is 6.00. The molecule has 2 aromatic carbocycles. The van der Waals surface area contributed by atoms with E-state index in [1.165, 1.54) is 0 Å². The Labute approximate surface area is 121 Å². The summed E-state index contributed by atoms with van der Waals surface area (Å²) < 4.78 is 13.5. The molecule has 0 amide bonds. The van der Waals surface area contributed by atoms with Crippen LogP contribution in [0.2, 0.25) is 0 Å². The molecule has 0 aliphatic carbocycles. The van der Waals surface area contributed by atoms with Crippen LogP contribution in [0, 0.1) is 6.08 Å². The third kappa shape index (κ3) is 3.54. The Balaban J connectivity index is 1.83. The van der Waals surface area contributed by atoms with Gasteiger partial charge in [0.2, 0.25) is 0 Å². The van der Waals surface area contributed by atoms with E-state index in [-0.39, 0.29) is 0 Å². The summed E-state index contributed by atoms with van der Waals surface area (Å²) in [6, 6.07) is 20.6. The van der Waals surface area contributed by atoms with Gasteiger partial charge in [-0.25, -0.2) is 0 Å². The van der Waals surface area contributed by atoms with Crippen molar-refractivity contribution in [3.63, 3.8) is 0 Å². The Bertz CT molecular complexity index is 657. The number of benzene rings is 2. The Morgan fingerprint density at radius 2 is 1.10 bits per heavy atom. The van der Waals surface area contributed by atoms with Gasteiger partial charge in [0.15, 0.2) is 0 Å². The van der Waals surface area contributed by atoms with Crippen molar-refractivity contribution >= 4 is 23.0 Å². The number of anilines is 4. The van der Waals surface area contributed by atoms with E-state index in [9.17, 15) is 4.39 Å². The lowest BCUT2D eigenvalue weighted by Crippen LogP contribution is -2.02. The van der Waals surface area contributed by atoms with Crippen molar-refractivity contribution in [2.45, 2.75) is 0 Å². The average molecular weight is 280 g/mol. The summed E-state index contributed by atoms with van der Waals surface area (Å²) in [5.41, 5.74) is 1.67. The first-order valence-corrected chi connectivity index (χ1v) is 6.48. The van der Waals surface area contributed by atoms with Crippen LogP contribution in [0.25, 0.3) is 0 Å². The third-order valence-corrected chi connectivity index (χ3v) is 2.79. The first kappa shape index (κ1) is 13.1. The van der Waals surface area contributed by atoms with Crippen LogP contribution in [-0.4, -0.2) is 9.97 Å². The zero-order valence-electron chi connectivity index (χ0n) is 11.1. The molecule has 0 aliphatic heterocycles. The van der Waals surface area contributed by atoms with Gasteiger partial charge in [0.1, 0.15) is 11.6 Å². The number of nitrogens with zero attached hydrogens (tertiary/aromatic N) is 2. The molecule has 104 valence electrons. The lowest BCUT2D eigenvalue weighted by atomic mass is 10.3. The Kier molecular flexibility index (Phi) is 3.73. The summed E-state index contributed by atoms with van der Waals surface area (Å²) in [7, 11) is 0. The Morgan fingerprint density at radius 1 is 0.667 bits per heavy atom. The zero-order chi connectivity index (χ0) is 14.5. The molecule has 0 radical (unpaired) electrons. The van der Waals surface area contributed by atoms with E-state index in [2.05, 4.69) is 20.6 Å². The first-order valence-electron chi connectivity index (χ1n) is 6.48. The smallest absolute Gasteiger partial charge is 0.312 e. The number of halogens is 1. The minimum absolute atomic E-state index is 0.395. The molecule has 2 N–H and O–H groups in total. The topological polar surface area (TPSA) is 49.8 Å². The fourth-order valence-electron chi connectivity index (χ4n) is 1.88. The highest BCUT2D eigenvalue weighted by Crippen LogP contribution is 2.19. The second-order valence-electron chi connectivity index (χ2n) is 4.39. The van der Waals surface area contributed by atoms with E-state index in [1.807, 2.05) is 60.7 Å². The molecule has 3 aromatic rings. The highest BCUT2D eigenvalue weighted by atomic mass is 19.1. The highest BCUT2D eigenvalue weighted by Gasteiger charge is 2.05. The quantitative estimate of drug-likeness (QED) is 0.706. The fourth-order valence-corrected chi connectivity index (χ4v) is 1.88. The van der Waals surface area contributed by atoms with Gasteiger partial charge < -0.3 is 10.6 Å². The van der Waals surface area contributed by atoms with Crippen molar-refractivity contribution in [1.82, 2.24) is 9.97 Å². The van der Waals surface area contributed by atoms with E-state index in [1.54, 1.807) is 6.07 Å². The third-order valence-electron chi connectivity index (χ3n) is 2.79. The number of rotatable bonds is 4. The van der Waals surface area contributed by atoms with Crippen LogP contribution in [-0.2, 0) is 0 Å². The van der Waals surface area contributed by atoms with Crippen LogP contribution < -0.4 is 10.6 Å². The standard InChI is InChI=1S/C16H13FN4/c17-16-20-14(18-12-7-3-1-4-8-12)11-15(21-16)19-13-9-5-2-6-10-13/h1-11H,(H2,18,19,20,21). The monoisotopic (exact) mass is 280 g/mol. The molecule has 21 heavy (non-hydrogen) atoms. The van der Waals surface area contributed by atoms with Gasteiger partial charge in [-0.1, -0.05) is 36.4 Å². The molecule has 0 aliphatic rings. The molecular weight excluding hydrogens is 267 g/mol. The van der Waals surface area contributed by atoms with Gasteiger partial charge in [-0.3, -0.25) is 0 Å². The van der Waals surface area contributed by atoms with E-state index >= 15 is 0 Å². The minimum atomic E-state index is -0.783. The Morgan fingerprint density at radius 3 is 1.52 bits per heavy atom. The number of hydrogen-bond acceptors (Lipinski definition) is 4. The van der Waals surface area contributed by atoms with Crippen LogP contribution in [0.15, 0.2) is 66.7 Å². The summed E-state index contributed by atoms with van der Waals surface area (Å²) in [6.07, 6.45) is -0.783. The molecule has 0 saturated heterocycles. The van der Waals surface area contributed by atoms with Gasteiger partial charge in [0.05, 0.1) is 0 Å². The lowest BCUT2D eigenvalue weighted by molar-refractivity contribution is 0.542. The minimum Gasteiger partial charge on any atom is -0.340 e. The van der Waals surface area contributed by atoms with E-state index in [4.69, 9.17) is 0 Å². The molecule has 3 rings (SSSR count). The van der Waals surface area contributed by atoms with Crippen molar-refractivity contribution in [3.8, 4) is 0 Å². The predicted octanol–water partition coefficient (Wildman–Crippen LogP) is 4.10. The number of aromatic nitrogens is 2. The number of para-hydroxylation sites is 2. The molecule has 1 heterocycles. The van der Waals surface area contributed by atoms with Crippen molar-refractivity contribution < 1.29 is 4.39 Å². The Hall–Kier alpha value is -2.95. The van der Waals surface area contributed by atoms with E-state index in [0.717, 1.165) is 11.4 Å². The molecule has 0 unspecified atom stereocenters. The van der Waals surface area contributed by atoms with Crippen LogP contribution in [0.4, 0.5) is 27.4 Å². The first-order chi connectivity index (χ1) is 10.3. The summed E-state index contributed by atoms with van der Waals surface area (Å²) in [4.78, 5) is 7.48. The van der Waals surface area contributed by atoms with Gasteiger partial charge in [-0.05, 0) is 24.3 Å². The van der Waals surface area contributed by atoms with Gasteiger partial charge in [0, 0.05) is 17.4 Å². The van der Waals surface area contributed by atoms with Crippen molar-refractivity contribution in [3.05, 3.63) is 72.8 Å². The summed E-state index contributed by atoms with van der Waals surface area (Å²) >= 11 is 0. The molecular formula is C16H13FN4. The fraction of sp³-hybridized carbons (Fsp3) is 0. The maximum Gasteiger partial charge on any atom is 0.312 e. The maximum absolute atomic E-state index is 13.5. The number of nitrogens with one attached hydrogen (secondary N) is 2. The molecule has 0 fully saturated rings. The van der Waals surface area contributed by atoms with Crippen LogP contribution >= 0.6 is 0 Å². The zero-order valence-corrected chi connectivity index (χ0v) is 11.1. The molecule has 5 heteroatoms. The van der Waals surface area contributed by atoms with E-state index < -0.39 is 6.08 Å². The largest absolute Gasteiger partial charge is 0.340 e. The van der Waals surface area contributed by atoms with Gasteiger partial charge in [-0.2, -0.15) is 14.4 Å². The van der Waals surface area contributed by atoms with Crippen LogP contribution in [0.5, 0.6) is 0 Å². The predicted molar refractivity (Wildman–Crippen MR) is 81.4 cm³/mol. The molecule has 1 aromatic heterocycles. The van der Waals surface area contributed by atoms with Crippen LogP contribution in [0.3, 0.4) is 0 Å². The molecule has 0 spiro atoms. The van der Waals surface area contributed by atoms with E-state index in [0.29, 0.717) is 11.6 Å². The number of hydrogen-bond donors (Lipinski definition) is 2. The summed E-state index contributed by atoms with van der Waals surface area (Å²) in [6.45, 7) is 0. The van der Waals surface area contributed by atoms with Crippen molar-refractivity contribution in [1.29, 1.82) is 0 Å². The summed E-state index contributed by atoms with van der Waals surface area (Å²) in [5, 5.41) is 6.08. The molecule has 0 atom stereocenters. The van der Waals surface area contributed by atoms with Gasteiger partial charge in [-0.15, -0.1) is 0 Å². The van der Waals surface area contributed by atoms with Gasteiger partial charge in [0.25, 0.3) is 0 Å². The normalized spacial score (nSPS) is 10.1.